The Morgan fingerprint density at radius 3 is 2.80 bits per heavy atom. The first-order valence-electron chi connectivity index (χ1n) is 5.69. The van der Waals surface area contributed by atoms with Crippen LogP contribution in [0.4, 0.5) is 5.69 Å². The normalized spacial score (nSPS) is 33.3. The summed E-state index contributed by atoms with van der Waals surface area (Å²) in [7, 11) is 0. The maximum Gasteiger partial charge on any atom is 0.129 e. The van der Waals surface area contributed by atoms with E-state index in [4.69, 9.17) is 11.6 Å². The zero-order valence-corrected chi connectivity index (χ0v) is 9.37. The van der Waals surface area contributed by atoms with Gasteiger partial charge < -0.3 is 5.32 Å². The predicted octanol–water partition coefficient (Wildman–Crippen LogP) is 3.34. The molecule has 1 N–H and O–H groups in total. The molecule has 2 bridgehead atoms. The average Bonchev–Trinajstić information content (AvgIpc) is 2.83. The Bertz CT molecular complexity index is 349. The van der Waals surface area contributed by atoms with E-state index in [1.165, 1.54) is 25.7 Å². The second kappa shape index (κ2) is 3.67. The maximum atomic E-state index is 5.75. The number of aromatic nitrogens is 1. The molecule has 0 amide bonds. The third-order valence-electron chi connectivity index (χ3n) is 3.82. The molecule has 2 fully saturated rings. The number of nitrogens with zero attached hydrogens (tertiary/aromatic N) is 1. The zero-order valence-electron chi connectivity index (χ0n) is 8.62. The molecule has 2 nitrogen and oxygen atoms in total. The predicted molar refractivity (Wildman–Crippen MR) is 62.1 cm³/mol. The van der Waals surface area contributed by atoms with Crippen LogP contribution in [0.15, 0.2) is 18.3 Å². The Labute approximate surface area is 95.0 Å². The second-order valence-electron chi connectivity index (χ2n) is 4.80. The van der Waals surface area contributed by atoms with Crippen LogP contribution in [0.1, 0.15) is 25.7 Å². The summed E-state index contributed by atoms with van der Waals surface area (Å²) >= 11 is 5.75. The highest BCUT2D eigenvalue weighted by Crippen LogP contribution is 2.45. The minimum atomic E-state index is 0.563. The van der Waals surface area contributed by atoms with Crippen molar-refractivity contribution in [2.75, 3.05) is 5.32 Å². The van der Waals surface area contributed by atoms with Crippen molar-refractivity contribution in [1.29, 1.82) is 0 Å². The van der Waals surface area contributed by atoms with Gasteiger partial charge in [0.05, 0.1) is 11.9 Å². The molecule has 1 aromatic heterocycles. The molecule has 0 aromatic carbocycles. The lowest BCUT2D eigenvalue weighted by Gasteiger charge is -2.23. The van der Waals surface area contributed by atoms with E-state index >= 15 is 0 Å². The van der Waals surface area contributed by atoms with Crippen molar-refractivity contribution in [2.45, 2.75) is 31.7 Å². The first-order chi connectivity index (χ1) is 7.31. The summed E-state index contributed by atoms with van der Waals surface area (Å²) in [6.45, 7) is 0. The van der Waals surface area contributed by atoms with Gasteiger partial charge in [0.1, 0.15) is 5.15 Å². The number of rotatable bonds is 2. The molecule has 80 valence electrons. The van der Waals surface area contributed by atoms with Crippen molar-refractivity contribution < 1.29 is 0 Å². The molecular weight excluding hydrogens is 208 g/mol. The third kappa shape index (κ3) is 1.83. The summed E-state index contributed by atoms with van der Waals surface area (Å²) in [6.07, 6.45) is 7.45. The molecule has 3 atom stereocenters. The van der Waals surface area contributed by atoms with E-state index in [1.54, 1.807) is 0 Å². The number of anilines is 1. The fourth-order valence-corrected chi connectivity index (χ4v) is 3.21. The molecule has 2 aliphatic rings. The molecule has 0 radical (unpaired) electrons. The molecule has 2 aliphatic carbocycles. The second-order valence-corrected chi connectivity index (χ2v) is 5.18. The van der Waals surface area contributed by atoms with Crippen LogP contribution in [0, 0.1) is 11.8 Å². The van der Waals surface area contributed by atoms with E-state index in [0.29, 0.717) is 11.2 Å². The van der Waals surface area contributed by atoms with Gasteiger partial charge >= 0.3 is 0 Å². The molecule has 1 aromatic rings. The van der Waals surface area contributed by atoms with Crippen molar-refractivity contribution >= 4 is 17.3 Å². The van der Waals surface area contributed by atoms with Crippen LogP contribution < -0.4 is 5.32 Å². The summed E-state index contributed by atoms with van der Waals surface area (Å²) in [5.41, 5.74) is 1.11. The Morgan fingerprint density at radius 1 is 1.27 bits per heavy atom. The topological polar surface area (TPSA) is 24.9 Å². The van der Waals surface area contributed by atoms with Crippen LogP contribution in [-0.2, 0) is 0 Å². The van der Waals surface area contributed by atoms with E-state index < -0.39 is 0 Å². The molecule has 3 heteroatoms. The Morgan fingerprint density at radius 2 is 2.20 bits per heavy atom. The van der Waals surface area contributed by atoms with Gasteiger partial charge in [-0.25, -0.2) is 4.98 Å². The SMILES string of the molecule is Clc1ccc(N[C@@H]2C[C@H]3CC[C@H]2C3)cn1. The quantitative estimate of drug-likeness (QED) is 0.777. The van der Waals surface area contributed by atoms with Crippen molar-refractivity contribution in [3.05, 3.63) is 23.5 Å². The fourth-order valence-electron chi connectivity index (χ4n) is 3.10. The van der Waals surface area contributed by atoms with Gasteiger partial charge in [-0.15, -0.1) is 0 Å². The van der Waals surface area contributed by atoms with Crippen molar-refractivity contribution in [2.24, 2.45) is 11.8 Å². The molecule has 3 rings (SSSR count). The molecule has 0 aliphatic heterocycles. The molecule has 0 unspecified atom stereocenters. The third-order valence-corrected chi connectivity index (χ3v) is 4.04. The summed E-state index contributed by atoms with van der Waals surface area (Å²) in [4.78, 5) is 4.09. The number of pyridine rings is 1. The standard InChI is InChI=1S/C12H15ClN2/c13-12-4-3-10(7-14-12)15-11-6-8-1-2-9(11)5-8/h3-4,7-9,11,15H,1-2,5-6H2/t8-,9-,11+/m0/s1. The summed E-state index contributed by atoms with van der Waals surface area (Å²) in [6, 6.07) is 4.53. The van der Waals surface area contributed by atoms with Crippen LogP contribution in [0.25, 0.3) is 0 Å². The lowest BCUT2D eigenvalue weighted by Crippen LogP contribution is -2.25. The summed E-state index contributed by atoms with van der Waals surface area (Å²) in [5.74, 6) is 1.87. The minimum Gasteiger partial charge on any atom is -0.381 e. The van der Waals surface area contributed by atoms with E-state index in [9.17, 15) is 0 Å². The van der Waals surface area contributed by atoms with Crippen molar-refractivity contribution in [3.63, 3.8) is 0 Å². The lowest BCUT2D eigenvalue weighted by atomic mass is 9.95. The van der Waals surface area contributed by atoms with Gasteiger partial charge in [0.25, 0.3) is 0 Å². The number of hydrogen-bond donors (Lipinski definition) is 1. The van der Waals surface area contributed by atoms with Crippen molar-refractivity contribution in [1.82, 2.24) is 4.98 Å². The Hall–Kier alpha value is -0.760. The Balaban J connectivity index is 1.68. The van der Waals surface area contributed by atoms with E-state index in [-0.39, 0.29) is 0 Å². The van der Waals surface area contributed by atoms with Gasteiger partial charge in [0.15, 0.2) is 0 Å². The van der Waals surface area contributed by atoms with E-state index in [1.807, 2.05) is 18.3 Å². The molecular formula is C12H15ClN2. The van der Waals surface area contributed by atoms with Gasteiger partial charge in [-0.05, 0) is 43.2 Å². The Kier molecular flexibility index (Phi) is 2.32. The minimum absolute atomic E-state index is 0.563. The summed E-state index contributed by atoms with van der Waals surface area (Å²) in [5, 5.41) is 4.14. The first kappa shape index (κ1) is 9.46. The average molecular weight is 223 g/mol. The van der Waals surface area contributed by atoms with Gasteiger partial charge in [-0.1, -0.05) is 18.0 Å². The lowest BCUT2D eigenvalue weighted by molar-refractivity contribution is 0.439. The van der Waals surface area contributed by atoms with E-state index in [0.717, 1.165) is 17.5 Å². The zero-order chi connectivity index (χ0) is 10.3. The number of hydrogen-bond acceptors (Lipinski definition) is 2. The fraction of sp³-hybridized carbons (Fsp3) is 0.583. The van der Waals surface area contributed by atoms with Gasteiger partial charge in [-0.2, -0.15) is 0 Å². The van der Waals surface area contributed by atoms with Crippen LogP contribution in [0.5, 0.6) is 0 Å². The van der Waals surface area contributed by atoms with Crippen LogP contribution in [-0.4, -0.2) is 11.0 Å². The number of halogens is 1. The van der Waals surface area contributed by atoms with Crippen LogP contribution in [0.3, 0.4) is 0 Å². The van der Waals surface area contributed by atoms with Gasteiger partial charge in [-0.3, -0.25) is 0 Å². The molecule has 2 saturated carbocycles. The smallest absolute Gasteiger partial charge is 0.129 e. The monoisotopic (exact) mass is 222 g/mol. The number of fused-ring (bicyclic) bond motifs is 2. The molecule has 0 spiro atoms. The number of nitrogens with one attached hydrogen (secondary N) is 1. The summed E-state index contributed by atoms with van der Waals surface area (Å²) < 4.78 is 0. The van der Waals surface area contributed by atoms with Gasteiger partial charge in [0.2, 0.25) is 0 Å². The molecule has 15 heavy (non-hydrogen) atoms. The highest BCUT2D eigenvalue weighted by Gasteiger charge is 2.39. The van der Waals surface area contributed by atoms with Crippen LogP contribution in [0.2, 0.25) is 5.15 Å². The van der Waals surface area contributed by atoms with Crippen LogP contribution >= 0.6 is 11.6 Å². The van der Waals surface area contributed by atoms with E-state index in [2.05, 4.69) is 10.3 Å². The highest BCUT2D eigenvalue weighted by molar-refractivity contribution is 6.29. The highest BCUT2D eigenvalue weighted by atomic mass is 35.5. The molecule has 1 heterocycles. The first-order valence-corrected chi connectivity index (χ1v) is 6.07. The maximum absolute atomic E-state index is 5.75. The van der Waals surface area contributed by atoms with Gasteiger partial charge in [0, 0.05) is 6.04 Å². The molecule has 0 saturated heterocycles. The largest absolute Gasteiger partial charge is 0.381 e. The van der Waals surface area contributed by atoms with Crippen molar-refractivity contribution in [3.8, 4) is 0 Å².